The lowest BCUT2D eigenvalue weighted by Crippen LogP contribution is -2.27. The second kappa shape index (κ2) is 9.73. The minimum Gasteiger partial charge on any atom is -0.451 e. The quantitative estimate of drug-likeness (QED) is 0.333. The molecule has 0 heterocycles. The summed E-state index contributed by atoms with van der Waals surface area (Å²) < 4.78 is 32.4. The number of rotatable bonds is 7. The van der Waals surface area contributed by atoms with Crippen molar-refractivity contribution in [3.05, 3.63) is 94.0 Å². The van der Waals surface area contributed by atoms with E-state index in [0.717, 1.165) is 10.4 Å². The van der Waals surface area contributed by atoms with Gasteiger partial charge in [-0.15, -0.1) is 0 Å². The molecule has 0 N–H and O–H groups in total. The second-order valence-electron chi connectivity index (χ2n) is 6.87. The van der Waals surface area contributed by atoms with E-state index < -0.39 is 27.9 Å². The average Bonchev–Trinajstić information content (AvgIpc) is 2.78. The lowest BCUT2D eigenvalue weighted by Gasteiger charge is -2.20. The summed E-state index contributed by atoms with van der Waals surface area (Å²) in [6.07, 6.45) is -1.13. The van der Waals surface area contributed by atoms with Gasteiger partial charge in [-0.05, 0) is 49.4 Å². The van der Waals surface area contributed by atoms with Gasteiger partial charge in [0.05, 0.1) is 21.2 Å². The molecular formula is C23H19Cl2NO5S. The van der Waals surface area contributed by atoms with Crippen molar-refractivity contribution in [1.29, 1.82) is 0 Å². The molecule has 1 unspecified atom stereocenters. The van der Waals surface area contributed by atoms with Gasteiger partial charge in [0.25, 0.3) is 10.0 Å². The first-order valence-corrected chi connectivity index (χ1v) is 11.6. The van der Waals surface area contributed by atoms with E-state index in [4.69, 9.17) is 27.9 Å². The summed E-state index contributed by atoms with van der Waals surface area (Å²) in [5.41, 5.74) is 0.567. The molecule has 6 nitrogen and oxygen atoms in total. The summed E-state index contributed by atoms with van der Waals surface area (Å²) in [7, 11) is -2.57. The van der Waals surface area contributed by atoms with E-state index in [1.165, 1.54) is 32.2 Å². The number of sulfonamides is 1. The number of ketones is 1. The molecule has 3 rings (SSSR count). The van der Waals surface area contributed by atoms with Crippen LogP contribution in [0, 0.1) is 0 Å². The topological polar surface area (TPSA) is 80.8 Å². The summed E-state index contributed by atoms with van der Waals surface area (Å²) in [6.45, 7) is 1.42. The molecule has 0 fully saturated rings. The zero-order chi connectivity index (χ0) is 23.5. The number of benzene rings is 3. The maximum atomic E-state index is 13.0. The van der Waals surface area contributed by atoms with Gasteiger partial charge in [-0.25, -0.2) is 13.2 Å². The van der Waals surface area contributed by atoms with Crippen LogP contribution in [0.5, 0.6) is 0 Å². The number of ether oxygens (including phenoxy) is 1. The molecule has 1 atom stereocenters. The van der Waals surface area contributed by atoms with Crippen LogP contribution in [0.2, 0.25) is 10.0 Å². The van der Waals surface area contributed by atoms with E-state index in [2.05, 4.69) is 0 Å². The van der Waals surface area contributed by atoms with Gasteiger partial charge in [-0.1, -0.05) is 53.5 Å². The SMILES string of the molecule is CC(OC(=O)c1cc(S(=O)(=O)N(C)c2ccccc2)ccc1Cl)C(=O)c1cccc(Cl)c1. The number of hydrogen-bond donors (Lipinski definition) is 0. The number of para-hydroxylation sites is 1. The summed E-state index contributed by atoms with van der Waals surface area (Å²) in [6, 6.07) is 18.5. The minimum atomic E-state index is -3.97. The molecule has 0 bridgehead atoms. The molecule has 0 amide bonds. The smallest absolute Gasteiger partial charge is 0.340 e. The second-order valence-corrected chi connectivity index (χ2v) is 9.68. The van der Waals surface area contributed by atoms with Crippen LogP contribution in [0.15, 0.2) is 77.7 Å². The first kappa shape index (κ1) is 23.8. The summed E-state index contributed by atoms with van der Waals surface area (Å²) in [5, 5.41) is 0.372. The number of hydrogen-bond acceptors (Lipinski definition) is 5. The summed E-state index contributed by atoms with van der Waals surface area (Å²) in [4.78, 5) is 25.1. The Bertz CT molecular complexity index is 1260. The number of Topliss-reactive ketones (excluding diaryl/α,β-unsaturated/α-hetero) is 1. The molecule has 32 heavy (non-hydrogen) atoms. The monoisotopic (exact) mass is 491 g/mol. The van der Waals surface area contributed by atoms with E-state index in [1.807, 2.05) is 0 Å². The molecule has 0 saturated heterocycles. The molecule has 0 spiro atoms. The van der Waals surface area contributed by atoms with Crippen molar-refractivity contribution in [3.8, 4) is 0 Å². The molecule has 0 radical (unpaired) electrons. The van der Waals surface area contributed by atoms with Crippen LogP contribution in [0.4, 0.5) is 5.69 Å². The van der Waals surface area contributed by atoms with Gasteiger partial charge in [-0.3, -0.25) is 9.10 Å². The van der Waals surface area contributed by atoms with E-state index in [0.29, 0.717) is 10.7 Å². The van der Waals surface area contributed by atoms with Crippen molar-refractivity contribution in [1.82, 2.24) is 0 Å². The highest BCUT2D eigenvalue weighted by atomic mass is 35.5. The fourth-order valence-corrected chi connectivity index (χ4v) is 4.52. The Morgan fingerprint density at radius 3 is 2.28 bits per heavy atom. The summed E-state index contributed by atoms with van der Waals surface area (Å²) in [5.74, 6) is -1.37. The van der Waals surface area contributed by atoms with Crippen molar-refractivity contribution in [2.24, 2.45) is 0 Å². The predicted molar refractivity (Wildman–Crippen MR) is 124 cm³/mol. The van der Waals surface area contributed by atoms with Gasteiger partial charge in [0.2, 0.25) is 5.78 Å². The van der Waals surface area contributed by atoms with E-state index in [9.17, 15) is 18.0 Å². The Labute approximate surface area is 196 Å². The van der Waals surface area contributed by atoms with Crippen LogP contribution in [-0.4, -0.2) is 33.3 Å². The van der Waals surface area contributed by atoms with Crippen LogP contribution in [0.25, 0.3) is 0 Å². The van der Waals surface area contributed by atoms with Crippen molar-refractivity contribution >= 4 is 50.7 Å². The Balaban J connectivity index is 1.85. The number of anilines is 1. The van der Waals surface area contributed by atoms with Crippen LogP contribution >= 0.6 is 23.2 Å². The van der Waals surface area contributed by atoms with Crippen molar-refractivity contribution in [3.63, 3.8) is 0 Å². The van der Waals surface area contributed by atoms with Crippen LogP contribution in [-0.2, 0) is 14.8 Å². The Morgan fingerprint density at radius 1 is 0.938 bits per heavy atom. The zero-order valence-corrected chi connectivity index (χ0v) is 19.5. The Morgan fingerprint density at radius 2 is 1.62 bits per heavy atom. The fourth-order valence-electron chi connectivity index (χ4n) is 2.91. The highest BCUT2D eigenvalue weighted by Crippen LogP contribution is 2.26. The third-order valence-corrected chi connectivity index (χ3v) is 7.04. The first-order valence-electron chi connectivity index (χ1n) is 9.45. The molecule has 3 aromatic carbocycles. The highest BCUT2D eigenvalue weighted by molar-refractivity contribution is 7.92. The van der Waals surface area contributed by atoms with Gasteiger partial charge in [0.15, 0.2) is 6.10 Å². The van der Waals surface area contributed by atoms with Crippen molar-refractivity contribution in [2.75, 3.05) is 11.4 Å². The van der Waals surface area contributed by atoms with Crippen molar-refractivity contribution < 1.29 is 22.7 Å². The molecule has 0 aliphatic rings. The van der Waals surface area contributed by atoms with Gasteiger partial charge in [-0.2, -0.15) is 0 Å². The molecule has 0 aliphatic carbocycles. The van der Waals surface area contributed by atoms with Gasteiger partial charge >= 0.3 is 5.97 Å². The molecule has 166 valence electrons. The fraction of sp³-hybridized carbons (Fsp3) is 0.130. The Kier molecular flexibility index (Phi) is 7.23. The summed E-state index contributed by atoms with van der Waals surface area (Å²) >= 11 is 12.0. The average molecular weight is 492 g/mol. The lowest BCUT2D eigenvalue weighted by atomic mass is 10.1. The van der Waals surface area contributed by atoms with Crippen LogP contribution in [0.1, 0.15) is 27.6 Å². The number of halogens is 2. The minimum absolute atomic E-state index is 0.00119. The van der Waals surface area contributed by atoms with E-state index >= 15 is 0 Å². The maximum Gasteiger partial charge on any atom is 0.340 e. The molecule has 0 aliphatic heterocycles. The number of carbonyl (C=O) groups is 2. The largest absolute Gasteiger partial charge is 0.451 e. The van der Waals surface area contributed by atoms with E-state index in [-0.39, 0.29) is 21.0 Å². The lowest BCUT2D eigenvalue weighted by molar-refractivity contribution is 0.0318. The third-order valence-electron chi connectivity index (χ3n) is 4.70. The van der Waals surface area contributed by atoms with Gasteiger partial charge in [0, 0.05) is 17.6 Å². The molecule has 3 aromatic rings. The standard InChI is InChI=1S/C23H19Cl2NO5S/c1-15(22(27)16-7-6-8-17(24)13-16)31-23(28)20-14-19(11-12-21(20)25)32(29,30)26(2)18-9-4-3-5-10-18/h3-15H,1-2H3. The molecule has 9 heteroatoms. The third kappa shape index (κ3) is 5.12. The molecule has 0 aromatic heterocycles. The van der Waals surface area contributed by atoms with Crippen molar-refractivity contribution in [2.45, 2.75) is 17.9 Å². The van der Waals surface area contributed by atoms with E-state index in [1.54, 1.807) is 48.5 Å². The van der Waals surface area contributed by atoms with Gasteiger partial charge < -0.3 is 4.74 Å². The van der Waals surface area contributed by atoms with Crippen LogP contribution in [0.3, 0.4) is 0 Å². The normalized spacial score (nSPS) is 12.1. The van der Waals surface area contributed by atoms with Crippen LogP contribution < -0.4 is 4.31 Å². The predicted octanol–water partition coefficient (Wildman–Crippen LogP) is 5.25. The number of nitrogens with zero attached hydrogens (tertiary/aromatic N) is 1. The first-order chi connectivity index (χ1) is 15.1. The molecule has 0 saturated carbocycles. The Hall–Kier alpha value is -2.87. The maximum absolute atomic E-state index is 13.0. The number of esters is 1. The number of carbonyl (C=O) groups excluding carboxylic acids is 2. The highest BCUT2D eigenvalue weighted by Gasteiger charge is 2.26. The molecular weight excluding hydrogens is 473 g/mol. The zero-order valence-electron chi connectivity index (χ0n) is 17.2. The van der Waals surface area contributed by atoms with Gasteiger partial charge in [0.1, 0.15) is 0 Å².